The third kappa shape index (κ3) is 1.05. The van der Waals surface area contributed by atoms with Gasteiger partial charge in [-0.1, -0.05) is 0 Å². The second-order valence-corrected chi connectivity index (χ2v) is 1.07. The predicted molar refractivity (Wildman–Crippen MR) is 25.8 cm³/mol. The van der Waals surface area contributed by atoms with Crippen molar-refractivity contribution in [2.75, 3.05) is 0 Å². The van der Waals surface area contributed by atoms with Crippen LogP contribution in [0.15, 0.2) is 12.3 Å². The minimum atomic E-state index is 0. The van der Waals surface area contributed by atoms with Crippen molar-refractivity contribution in [3.63, 3.8) is 0 Å². The summed E-state index contributed by atoms with van der Waals surface area (Å²) >= 11 is 0. The Balaban J connectivity index is 0.000000490. The topological polar surface area (TPSA) is 52.5 Å². The van der Waals surface area contributed by atoms with Crippen molar-refractivity contribution in [3.05, 3.63) is 18.0 Å². The Labute approximate surface area is 45.3 Å². The quantitative estimate of drug-likeness (QED) is 0.530. The molecule has 0 saturated heterocycles. The number of hydrogen-bond acceptors (Lipinski definition) is 2. The van der Waals surface area contributed by atoms with Crippen LogP contribution >= 0.6 is 0 Å². The molecule has 0 fully saturated rings. The van der Waals surface area contributed by atoms with E-state index in [9.17, 15) is 0 Å². The van der Waals surface area contributed by atoms with Gasteiger partial charge in [-0.3, -0.25) is 9.80 Å². The molecule has 0 aliphatic heterocycles. The lowest BCUT2D eigenvalue weighted by Crippen LogP contribution is -1.68. The molecule has 1 N–H and O–H groups in total. The third-order valence-electron chi connectivity index (χ3n) is 0.615. The number of nitrogens with zero attached hydrogens (tertiary/aromatic N) is 2. The first-order valence-electron chi connectivity index (χ1n) is 1.83. The van der Waals surface area contributed by atoms with Gasteiger partial charge in [-0.25, -0.2) is 0 Å². The molecule has 0 unspecified atom stereocenters. The molecule has 1 aromatic rings. The number of halogens is 1. The van der Waals surface area contributed by atoms with E-state index in [-0.39, 0.29) is 4.70 Å². The van der Waals surface area contributed by atoms with E-state index in [1.807, 2.05) is 6.07 Å². The Morgan fingerprint density at radius 1 is 1.75 bits per heavy atom. The molecule has 1 heterocycles. The molecule has 3 nitrogen and oxygen atoms in total. The van der Waals surface area contributed by atoms with E-state index >= 15 is 0 Å². The SMILES string of the molecule is F.N#Cc1cc[nH]n1. The van der Waals surface area contributed by atoms with E-state index in [0.717, 1.165) is 0 Å². The van der Waals surface area contributed by atoms with E-state index < -0.39 is 0 Å². The lowest BCUT2D eigenvalue weighted by Gasteiger charge is -1.62. The maximum absolute atomic E-state index is 8.09. The molecule has 0 aliphatic rings. The maximum atomic E-state index is 8.09. The van der Waals surface area contributed by atoms with Crippen molar-refractivity contribution < 1.29 is 4.70 Å². The first kappa shape index (κ1) is 6.63. The average molecular weight is 113 g/mol. The number of hydrogen-bond donors (Lipinski definition) is 1. The smallest absolute Gasteiger partial charge is 0.162 e. The van der Waals surface area contributed by atoms with E-state index in [2.05, 4.69) is 10.2 Å². The third-order valence-corrected chi connectivity index (χ3v) is 0.615. The first-order chi connectivity index (χ1) is 3.43. The molecule has 42 valence electrons. The van der Waals surface area contributed by atoms with Crippen LogP contribution in [0.3, 0.4) is 0 Å². The van der Waals surface area contributed by atoms with Crippen LogP contribution in [0.2, 0.25) is 0 Å². The van der Waals surface area contributed by atoms with Crippen LogP contribution in [0.5, 0.6) is 0 Å². The van der Waals surface area contributed by atoms with Crippen LogP contribution in [0, 0.1) is 11.3 Å². The number of aromatic amines is 1. The number of aromatic nitrogens is 2. The second kappa shape index (κ2) is 2.75. The summed E-state index contributed by atoms with van der Waals surface area (Å²) < 4.78 is 0. The molecule has 0 aromatic carbocycles. The fourth-order valence-electron chi connectivity index (χ4n) is 0.323. The Morgan fingerprint density at radius 3 is 2.75 bits per heavy atom. The first-order valence-corrected chi connectivity index (χ1v) is 1.83. The molecule has 8 heavy (non-hydrogen) atoms. The van der Waals surface area contributed by atoms with E-state index in [4.69, 9.17) is 5.26 Å². The van der Waals surface area contributed by atoms with Gasteiger partial charge >= 0.3 is 0 Å². The van der Waals surface area contributed by atoms with Gasteiger partial charge in [-0.15, -0.1) is 0 Å². The van der Waals surface area contributed by atoms with Crippen LogP contribution in [0.25, 0.3) is 0 Å². The zero-order chi connectivity index (χ0) is 5.11. The highest BCUT2D eigenvalue weighted by atomic mass is 19.0. The molecule has 0 aliphatic carbocycles. The average Bonchev–Trinajstić information content (AvgIpc) is 2.14. The molecular formula is C4H4FN3. The summed E-state index contributed by atoms with van der Waals surface area (Å²) in [5.74, 6) is 0. The molecule has 0 radical (unpaired) electrons. The molecular weight excluding hydrogens is 109 g/mol. The second-order valence-electron chi connectivity index (χ2n) is 1.07. The molecule has 4 heteroatoms. The van der Waals surface area contributed by atoms with Crippen LogP contribution in [0.4, 0.5) is 4.70 Å². The highest BCUT2D eigenvalue weighted by molar-refractivity contribution is 5.15. The van der Waals surface area contributed by atoms with Crippen molar-refractivity contribution in [2.24, 2.45) is 0 Å². The van der Waals surface area contributed by atoms with Crippen molar-refractivity contribution >= 4 is 0 Å². The largest absolute Gasteiger partial charge is 0.284 e. The summed E-state index contributed by atoms with van der Waals surface area (Å²) in [5.41, 5.74) is 0.431. The molecule has 0 atom stereocenters. The Bertz CT molecular complexity index is 174. The zero-order valence-electron chi connectivity index (χ0n) is 3.96. The fraction of sp³-hybridized carbons (Fsp3) is 0. The van der Waals surface area contributed by atoms with Gasteiger partial charge in [-0.05, 0) is 6.07 Å². The maximum Gasteiger partial charge on any atom is 0.162 e. The monoisotopic (exact) mass is 113 g/mol. The van der Waals surface area contributed by atoms with Gasteiger partial charge in [0.25, 0.3) is 0 Å². The van der Waals surface area contributed by atoms with Crippen LogP contribution in [-0.2, 0) is 0 Å². The minimum absolute atomic E-state index is 0. The summed E-state index contributed by atoms with van der Waals surface area (Å²) in [7, 11) is 0. The number of H-pyrrole nitrogens is 1. The van der Waals surface area contributed by atoms with Gasteiger partial charge in [0.1, 0.15) is 6.07 Å². The van der Waals surface area contributed by atoms with Crippen LogP contribution in [0.1, 0.15) is 5.69 Å². The number of rotatable bonds is 0. The molecule has 1 aromatic heterocycles. The van der Waals surface area contributed by atoms with Crippen molar-refractivity contribution in [1.82, 2.24) is 10.2 Å². The summed E-state index contributed by atoms with van der Waals surface area (Å²) in [5, 5.41) is 14.2. The lowest BCUT2D eigenvalue weighted by molar-refractivity contribution is 1.07. The van der Waals surface area contributed by atoms with Gasteiger partial charge in [0, 0.05) is 6.20 Å². The van der Waals surface area contributed by atoms with Crippen molar-refractivity contribution in [3.8, 4) is 6.07 Å². The highest BCUT2D eigenvalue weighted by Crippen LogP contribution is 1.83. The van der Waals surface area contributed by atoms with E-state index in [1.54, 1.807) is 12.3 Å². The Morgan fingerprint density at radius 2 is 2.50 bits per heavy atom. The molecule has 0 amide bonds. The Kier molecular flexibility index (Phi) is 2.28. The van der Waals surface area contributed by atoms with E-state index in [0.29, 0.717) is 5.69 Å². The normalized spacial score (nSPS) is 6.88. The summed E-state index contributed by atoms with van der Waals surface area (Å²) in [6, 6.07) is 3.48. The lowest BCUT2D eigenvalue weighted by atomic mass is 10.5. The number of nitrogens with one attached hydrogen (secondary N) is 1. The van der Waals surface area contributed by atoms with Crippen LogP contribution < -0.4 is 0 Å². The standard InChI is InChI=1S/C4H3N3.FH/c5-3-4-1-2-6-7-4;/h1-2H,(H,6,7);1H. The van der Waals surface area contributed by atoms with Gasteiger partial charge in [-0.2, -0.15) is 10.4 Å². The minimum Gasteiger partial charge on any atom is -0.284 e. The molecule has 1 rings (SSSR count). The van der Waals surface area contributed by atoms with E-state index in [1.165, 1.54) is 0 Å². The van der Waals surface area contributed by atoms with Gasteiger partial charge in [0.15, 0.2) is 5.69 Å². The van der Waals surface area contributed by atoms with Crippen LogP contribution in [-0.4, -0.2) is 10.2 Å². The molecule has 0 bridgehead atoms. The van der Waals surface area contributed by atoms with Gasteiger partial charge in [0.2, 0.25) is 0 Å². The molecule has 0 saturated carbocycles. The molecule has 0 spiro atoms. The number of nitriles is 1. The Hall–Kier alpha value is -1.37. The fourth-order valence-corrected chi connectivity index (χ4v) is 0.323. The summed E-state index contributed by atoms with van der Waals surface area (Å²) in [6.45, 7) is 0. The van der Waals surface area contributed by atoms with Gasteiger partial charge < -0.3 is 0 Å². The summed E-state index contributed by atoms with van der Waals surface area (Å²) in [6.07, 6.45) is 1.61. The predicted octanol–water partition coefficient (Wildman–Crippen LogP) is 0.434. The van der Waals surface area contributed by atoms with Crippen molar-refractivity contribution in [2.45, 2.75) is 0 Å². The highest BCUT2D eigenvalue weighted by Gasteiger charge is 1.83. The zero-order valence-corrected chi connectivity index (χ0v) is 3.96. The van der Waals surface area contributed by atoms with Crippen molar-refractivity contribution in [1.29, 1.82) is 5.26 Å². The van der Waals surface area contributed by atoms with Gasteiger partial charge in [0.05, 0.1) is 0 Å². The summed E-state index contributed by atoms with van der Waals surface area (Å²) in [4.78, 5) is 0.